The van der Waals surface area contributed by atoms with Gasteiger partial charge < -0.3 is 10.4 Å². The van der Waals surface area contributed by atoms with Crippen LogP contribution in [0.3, 0.4) is 0 Å². The molecule has 4 heteroatoms. The van der Waals surface area contributed by atoms with Gasteiger partial charge in [-0.1, -0.05) is 6.07 Å². The van der Waals surface area contributed by atoms with E-state index in [2.05, 4.69) is 16.4 Å². The van der Waals surface area contributed by atoms with E-state index in [1.54, 1.807) is 12.3 Å². The Morgan fingerprint density at radius 3 is 3.06 bits per heavy atom. The lowest BCUT2D eigenvalue weighted by Crippen LogP contribution is -2.08. The topological polar surface area (TPSA) is 45.1 Å². The number of pyridine rings is 1. The summed E-state index contributed by atoms with van der Waals surface area (Å²) in [6.07, 6.45) is 3.71. The van der Waals surface area contributed by atoms with Crippen LogP contribution in [0.15, 0.2) is 36.5 Å². The zero-order chi connectivity index (χ0) is 12.5. The van der Waals surface area contributed by atoms with Crippen molar-refractivity contribution in [1.82, 2.24) is 4.98 Å². The third kappa shape index (κ3) is 1.90. The molecule has 1 aromatic heterocycles. The predicted molar refractivity (Wildman–Crippen MR) is 67.0 cm³/mol. The summed E-state index contributed by atoms with van der Waals surface area (Å²) in [7, 11) is 0. The first-order valence-electron chi connectivity index (χ1n) is 5.93. The first-order valence-corrected chi connectivity index (χ1v) is 5.93. The lowest BCUT2D eigenvalue weighted by molar-refractivity contribution is 0.432. The Kier molecular flexibility index (Phi) is 2.63. The van der Waals surface area contributed by atoms with E-state index in [-0.39, 0.29) is 11.8 Å². The van der Waals surface area contributed by atoms with Gasteiger partial charge in [0.05, 0.1) is 11.7 Å². The van der Waals surface area contributed by atoms with Gasteiger partial charge in [0.25, 0.3) is 0 Å². The van der Waals surface area contributed by atoms with Crippen LogP contribution in [-0.2, 0) is 6.42 Å². The van der Waals surface area contributed by atoms with E-state index in [1.165, 1.54) is 17.7 Å². The fourth-order valence-corrected chi connectivity index (χ4v) is 2.35. The monoisotopic (exact) mass is 244 g/mol. The summed E-state index contributed by atoms with van der Waals surface area (Å²) < 4.78 is 13.2. The van der Waals surface area contributed by atoms with E-state index >= 15 is 0 Å². The van der Waals surface area contributed by atoms with Crippen molar-refractivity contribution >= 4 is 5.69 Å². The molecule has 1 heterocycles. The Morgan fingerprint density at radius 1 is 1.33 bits per heavy atom. The van der Waals surface area contributed by atoms with Gasteiger partial charge in [-0.3, -0.25) is 4.98 Å². The van der Waals surface area contributed by atoms with Crippen molar-refractivity contribution in [2.24, 2.45) is 0 Å². The molecule has 0 fully saturated rings. The molecule has 3 nitrogen and oxygen atoms in total. The average Bonchev–Trinajstić information content (AvgIpc) is 2.78. The van der Waals surface area contributed by atoms with E-state index < -0.39 is 5.82 Å². The maximum absolute atomic E-state index is 13.2. The summed E-state index contributed by atoms with van der Waals surface area (Å²) in [6.45, 7) is 0. The molecule has 1 aliphatic carbocycles. The van der Waals surface area contributed by atoms with Crippen molar-refractivity contribution < 1.29 is 9.50 Å². The number of rotatable bonds is 2. The van der Waals surface area contributed by atoms with Crippen molar-refractivity contribution in [2.45, 2.75) is 18.9 Å². The van der Waals surface area contributed by atoms with Crippen molar-refractivity contribution in [2.75, 3.05) is 5.32 Å². The molecule has 1 unspecified atom stereocenters. The van der Waals surface area contributed by atoms with E-state index in [1.807, 2.05) is 6.07 Å². The van der Waals surface area contributed by atoms with Gasteiger partial charge in [-0.2, -0.15) is 0 Å². The Hall–Kier alpha value is -2.10. The number of anilines is 1. The highest BCUT2D eigenvalue weighted by atomic mass is 19.1. The van der Waals surface area contributed by atoms with Crippen LogP contribution in [0.2, 0.25) is 0 Å². The van der Waals surface area contributed by atoms with Crippen LogP contribution in [0.5, 0.6) is 5.75 Å². The highest BCUT2D eigenvalue weighted by Gasteiger charge is 2.23. The van der Waals surface area contributed by atoms with Gasteiger partial charge in [0, 0.05) is 18.0 Å². The van der Waals surface area contributed by atoms with Gasteiger partial charge in [0.1, 0.15) is 0 Å². The fraction of sp³-hybridized carbons (Fsp3) is 0.214. The lowest BCUT2D eigenvalue weighted by Gasteiger charge is -2.14. The summed E-state index contributed by atoms with van der Waals surface area (Å²) >= 11 is 0. The fourth-order valence-electron chi connectivity index (χ4n) is 2.35. The number of aryl methyl sites for hydroxylation is 1. The molecule has 0 bridgehead atoms. The maximum Gasteiger partial charge on any atom is 0.166 e. The molecule has 3 rings (SSSR count). The first-order chi connectivity index (χ1) is 8.74. The number of nitrogens with zero attached hydrogens (tertiary/aromatic N) is 1. The largest absolute Gasteiger partial charge is 0.505 e. The second-order valence-corrected chi connectivity index (χ2v) is 4.45. The zero-order valence-corrected chi connectivity index (χ0v) is 9.73. The number of hydrogen-bond donors (Lipinski definition) is 2. The van der Waals surface area contributed by atoms with Crippen LogP contribution < -0.4 is 5.32 Å². The SMILES string of the molecule is Oc1ccc(NC2CCc3cccnc32)cc1F. The first kappa shape index (κ1) is 11.0. The number of fused-ring (bicyclic) bond motifs is 1. The number of aromatic nitrogens is 1. The highest BCUT2D eigenvalue weighted by molar-refractivity contribution is 5.49. The molecule has 0 spiro atoms. The van der Waals surface area contributed by atoms with Gasteiger partial charge in [-0.25, -0.2) is 4.39 Å². The van der Waals surface area contributed by atoms with Gasteiger partial charge in [0.15, 0.2) is 11.6 Å². The van der Waals surface area contributed by atoms with E-state index in [0.717, 1.165) is 18.5 Å². The Morgan fingerprint density at radius 2 is 2.22 bits per heavy atom. The van der Waals surface area contributed by atoms with Crippen molar-refractivity contribution in [1.29, 1.82) is 0 Å². The van der Waals surface area contributed by atoms with Crippen molar-refractivity contribution in [3.8, 4) is 5.75 Å². The summed E-state index contributed by atoms with van der Waals surface area (Å²) in [5.41, 5.74) is 2.94. The van der Waals surface area contributed by atoms with Gasteiger partial charge >= 0.3 is 0 Å². The molecule has 92 valence electrons. The lowest BCUT2D eigenvalue weighted by atomic mass is 10.2. The summed E-state index contributed by atoms with van der Waals surface area (Å²) in [5.74, 6) is -0.940. The Bertz CT molecular complexity index is 586. The van der Waals surface area contributed by atoms with Crippen LogP contribution in [0.1, 0.15) is 23.7 Å². The molecule has 2 N–H and O–H groups in total. The molecule has 0 saturated heterocycles. The molecular formula is C14H13FN2O. The number of halogens is 1. The third-order valence-corrected chi connectivity index (χ3v) is 3.25. The number of benzene rings is 1. The van der Waals surface area contributed by atoms with E-state index in [0.29, 0.717) is 5.69 Å². The molecular weight excluding hydrogens is 231 g/mol. The normalized spacial score (nSPS) is 17.5. The van der Waals surface area contributed by atoms with Gasteiger partial charge in [0.2, 0.25) is 0 Å². The molecule has 0 aliphatic heterocycles. The van der Waals surface area contributed by atoms with Crippen molar-refractivity contribution in [3.63, 3.8) is 0 Å². The van der Waals surface area contributed by atoms with E-state index in [4.69, 9.17) is 5.11 Å². The molecule has 1 aromatic carbocycles. The second-order valence-electron chi connectivity index (χ2n) is 4.45. The minimum absolute atomic E-state index is 0.116. The van der Waals surface area contributed by atoms with Crippen LogP contribution in [0, 0.1) is 5.82 Å². The van der Waals surface area contributed by atoms with Gasteiger partial charge in [-0.05, 0) is 36.6 Å². The molecule has 0 amide bonds. The minimum Gasteiger partial charge on any atom is -0.505 e. The molecule has 0 saturated carbocycles. The Labute approximate surface area is 104 Å². The highest BCUT2D eigenvalue weighted by Crippen LogP contribution is 2.32. The quantitative estimate of drug-likeness (QED) is 0.798. The standard InChI is InChI=1S/C14H13FN2O/c15-11-8-10(4-6-13(11)18)17-12-5-3-9-2-1-7-16-14(9)12/h1-2,4,6-8,12,17-18H,3,5H2. The average molecular weight is 244 g/mol. The summed E-state index contributed by atoms with van der Waals surface area (Å²) in [4.78, 5) is 4.37. The number of phenolic OH excluding ortho intramolecular Hbond substituents is 1. The predicted octanol–water partition coefficient (Wildman–Crippen LogP) is 3.03. The van der Waals surface area contributed by atoms with Crippen LogP contribution in [-0.4, -0.2) is 10.1 Å². The molecule has 1 atom stereocenters. The Balaban J connectivity index is 1.84. The number of aromatic hydroxyl groups is 1. The van der Waals surface area contributed by atoms with Gasteiger partial charge in [-0.15, -0.1) is 0 Å². The smallest absolute Gasteiger partial charge is 0.166 e. The van der Waals surface area contributed by atoms with Crippen LogP contribution >= 0.6 is 0 Å². The van der Waals surface area contributed by atoms with E-state index in [9.17, 15) is 4.39 Å². The zero-order valence-electron chi connectivity index (χ0n) is 9.73. The number of phenols is 1. The number of nitrogens with one attached hydrogen (secondary N) is 1. The van der Waals surface area contributed by atoms with Crippen LogP contribution in [0.25, 0.3) is 0 Å². The van der Waals surface area contributed by atoms with Crippen molar-refractivity contribution in [3.05, 3.63) is 53.6 Å². The second kappa shape index (κ2) is 4.29. The molecule has 0 radical (unpaired) electrons. The third-order valence-electron chi connectivity index (χ3n) is 3.25. The minimum atomic E-state index is -0.612. The molecule has 2 aromatic rings. The number of hydrogen-bond acceptors (Lipinski definition) is 3. The van der Waals surface area contributed by atoms with Crippen LogP contribution in [0.4, 0.5) is 10.1 Å². The maximum atomic E-state index is 13.2. The summed E-state index contributed by atoms with van der Waals surface area (Å²) in [6, 6.07) is 8.44. The molecule has 1 aliphatic rings. The summed E-state index contributed by atoms with van der Waals surface area (Å²) in [5, 5.41) is 12.4. The molecule has 18 heavy (non-hydrogen) atoms.